The molecule has 0 amide bonds. The molecule has 0 aliphatic heterocycles. The summed E-state index contributed by atoms with van der Waals surface area (Å²) in [6, 6.07) is 5.58. The standard InChI is InChI=1S/C16H23F3N2/c1-3-20-15(11-21(2)10-12-7-8-12)13-5-4-6-14(9-13)16(17,18)19/h4-6,9,12,15,20H,3,7-8,10-11H2,1-2H3. The molecule has 118 valence electrons. The normalized spacial score (nSPS) is 17.2. The third-order valence-corrected chi connectivity index (χ3v) is 3.83. The van der Waals surface area contributed by atoms with Gasteiger partial charge in [-0.25, -0.2) is 0 Å². The smallest absolute Gasteiger partial charge is 0.309 e. The van der Waals surface area contributed by atoms with Gasteiger partial charge in [0.1, 0.15) is 0 Å². The molecule has 21 heavy (non-hydrogen) atoms. The lowest BCUT2D eigenvalue weighted by Gasteiger charge is -2.25. The molecule has 0 aromatic heterocycles. The number of nitrogens with zero attached hydrogens (tertiary/aromatic N) is 1. The van der Waals surface area contributed by atoms with Crippen LogP contribution < -0.4 is 5.32 Å². The highest BCUT2D eigenvalue weighted by Crippen LogP contribution is 2.32. The molecule has 1 aliphatic rings. The first kappa shape index (κ1) is 16.3. The Morgan fingerprint density at radius 3 is 2.62 bits per heavy atom. The third kappa shape index (κ3) is 5.00. The summed E-state index contributed by atoms with van der Waals surface area (Å²) >= 11 is 0. The Kier molecular flexibility index (Phi) is 5.27. The third-order valence-electron chi connectivity index (χ3n) is 3.83. The van der Waals surface area contributed by atoms with E-state index >= 15 is 0 Å². The first-order valence-electron chi connectivity index (χ1n) is 7.49. The van der Waals surface area contributed by atoms with E-state index in [2.05, 4.69) is 10.2 Å². The second-order valence-electron chi connectivity index (χ2n) is 5.90. The molecule has 1 aromatic rings. The van der Waals surface area contributed by atoms with E-state index in [-0.39, 0.29) is 6.04 Å². The summed E-state index contributed by atoms with van der Waals surface area (Å²) in [4.78, 5) is 2.21. The molecule has 5 heteroatoms. The van der Waals surface area contributed by atoms with Crippen molar-refractivity contribution in [2.45, 2.75) is 32.0 Å². The number of halogens is 3. The minimum atomic E-state index is -4.29. The van der Waals surface area contributed by atoms with Gasteiger partial charge in [0.15, 0.2) is 0 Å². The van der Waals surface area contributed by atoms with Crippen molar-refractivity contribution >= 4 is 0 Å². The van der Waals surface area contributed by atoms with Crippen LogP contribution in [0.15, 0.2) is 24.3 Å². The molecule has 0 saturated heterocycles. The Balaban J connectivity index is 2.08. The van der Waals surface area contributed by atoms with Gasteiger partial charge in [0, 0.05) is 19.1 Å². The zero-order valence-electron chi connectivity index (χ0n) is 12.6. The molecule has 1 aliphatic carbocycles. The molecule has 2 rings (SSSR count). The Labute approximate surface area is 124 Å². The Hall–Kier alpha value is -1.07. The Morgan fingerprint density at radius 2 is 2.05 bits per heavy atom. The maximum absolute atomic E-state index is 12.8. The average Bonchev–Trinajstić information content (AvgIpc) is 3.21. The molecule has 0 spiro atoms. The van der Waals surface area contributed by atoms with Gasteiger partial charge >= 0.3 is 6.18 Å². The highest BCUT2D eigenvalue weighted by atomic mass is 19.4. The van der Waals surface area contributed by atoms with E-state index in [1.165, 1.54) is 25.0 Å². The van der Waals surface area contributed by atoms with Crippen LogP contribution in [0.3, 0.4) is 0 Å². The van der Waals surface area contributed by atoms with Gasteiger partial charge in [0.25, 0.3) is 0 Å². The first-order valence-corrected chi connectivity index (χ1v) is 7.49. The quantitative estimate of drug-likeness (QED) is 0.826. The van der Waals surface area contributed by atoms with E-state index in [0.29, 0.717) is 5.56 Å². The van der Waals surface area contributed by atoms with Crippen molar-refractivity contribution in [3.63, 3.8) is 0 Å². The van der Waals surface area contributed by atoms with Gasteiger partial charge in [-0.3, -0.25) is 0 Å². The fourth-order valence-electron chi connectivity index (χ4n) is 2.59. The van der Waals surface area contributed by atoms with Crippen molar-refractivity contribution in [3.8, 4) is 0 Å². The first-order chi connectivity index (χ1) is 9.90. The molecule has 1 saturated carbocycles. The average molecular weight is 300 g/mol. The second-order valence-corrected chi connectivity index (χ2v) is 5.90. The van der Waals surface area contributed by atoms with Crippen LogP contribution in [-0.4, -0.2) is 31.6 Å². The second kappa shape index (κ2) is 6.79. The topological polar surface area (TPSA) is 15.3 Å². The summed E-state index contributed by atoms with van der Waals surface area (Å²) in [6.45, 7) is 4.46. The predicted octanol–water partition coefficient (Wildman–Crippen LogP) is 3.70. The lowest BCUT2D eigenvalue weighted by atomic mass is 10.0. The highest BCUT2D eigenvalue weighted by Gasteiger charge is 2.31. The molecule has 0 radical (unpaired) electrons. The maximum Gasteiger partial charge on any atom is 0.416 e. The number of benzene rings is 1. The van der Waals surface area contributed by atoms with Gasteiger partial charge in [-0.15, -0.1) is 0 Å². The molecule has 1 aromatic carbocycles. The summed E-state index contributed by atoms with van der Waals surface area (Å²) in [5, 5.41) is 3.29. The fraction of sp³-hybridized carbons (Fsp3) is 0.625. The fourth-order valence-corrected chi connectivity index (χ4v) is 2.59. The van der Waals surface area contributed by atoms with E-state index in [1.54, 1.807) is 6.07 Å². The minimum absolute atomic E-state index is 0.0685. The van der Waals surface area contributed by atoms with Crippen molar-refractivity contribution in [1.82, 2.24) is 10.2 Å². The van der Waals surface area contributed by atoms with Crippen LogP contribution in [0.2, 0.25) is 0 Å². The van der Waals surface area contributed by atoms with Crippen LogP contribution in [0.5, 0.6) is 0 Å². The zero-order chi connectivity index (χ0) is 15.5. The van der Waals surface area contributed by atoms with Crippen LogP contribution in [-0.2, 0) is 6.18 Å². The minimum Gasteiger partial charge on any atom is -0.309 e. The highest BCUT2D eigenvalue weighted by molar-refractivity contribution is 5.28. The van der Waals surface area contributed by atoms with Crippen molar-refractivity contribution in [2.75, 3.05) is 26.7 Å². The van der Waals surface area contributed by atoms with Gasteiger partial charge in [-0.1, -0.05) is 19.1 Å². The number of likely N-dealkylation sites (N-methyl/N-ethyl adjacent to an activating group) is 2. The van der Waals surface area contributed by atoms with E-state index < -0.39 is 11.7 Å². The summed E-state index contributed by atoms with van der Waals surface area (Å²) in [6.07, 6.45) is -1.73. The molecule has 0 bridgehead atoms. The lowest BCUT2D eigenvalue weighted by Crippen LogP contribution is -2.34. The molecule has 2 nitrogen and oxygen atoms in total. The molecule has 1 fully saturated rings. The number of alkyl halides is 3. The molecule has 0 heterocycles. The van der Waals surface area contributed by atoms with Gasteiger partial charge in [-0.05, 0) is 50.0 Å². The van der Waals surface area contributed by atoms with E-state index in [0.717, 1.165) is 31.6 Å². The SMILES string of the molecule is CCNC(CN(C)CC1CC1)c1cccc(C(F)(F)F)c1. The van der Waals surface area contributed by atoms with Crippen LogP contribution in [0.25, 0.3) is 0 Å². The van der Waals surface area contributed by atoms with Crippen molar-refractivity contribution in [3.05, 3.63) is 35.4 Å². The predicted molar refractivity (Wildman–Crippen MR) is 78.1 cm³/mol. The molecular weight excluding hydrogens is 277 g/mol. The number of hydrogen-bond donors (Lipinski definition) is 1. The Bertz CT molecular complexity index is 455. The molecule has 1 N–H and O–H groups in total. The zero-order valence-corrected chi connectivity index (χ0v) is 12.6. The van der Waals surface area contributed by atoms with E-state index in [1.807, 2.05) is 14.0 Å². The van der Waals surface area contributed by atoms with Crippen LogP contribution in [0.1, 0.15) is 36.9 Å². The summed E-state index contributed by atoms with van der Waals surface area (Å²) in [5.74, 6) is 0.777. The van der Waals surface area contributed by atoms with Crippen molar-refractivity contribution < 1.29 is 13.2 Å². The summed E-state index contributed by atoms with van der Waals surface area (Å²) in [7, 11) is 2.04. The van der Waals surface area contributed by atoms with Crippen LogP contribution in [0, 0.1) is 5.92 Å². The number of nitrogens with one attached hydrogen (secondary N) is 1. The van der Waals surface area contributed by atoms with Crippen molar-refractivity contribution in [1.29, 1.82) is 0 Å². The largest absolute Gasteiger partial charge is 0.416 e. The van der Waals surface area contributed by atoms with Crippen LogP contribution in [0.4, 0.5) is 13.2 Å². The monoisotopic (exact) mass is 300 g/mol. The van der Waals surface area contributed by atoms with Crippen molar-refractivity contribution in [2.24, 2.45) is 5.92 Å². The molecule has 1 atom stereocenters. The summed E-state index contributed by atoms with van der Waals surface area (Å²) < 4.78 is 38.5. The van der Waals surface area contributed by atoms with Crippen LogP contribution >= 0.6 is 0 Å². The maximum atomic E-state index is 12.8. The van der Waals surface area contributed by atoms with Gasteiger partial charge in [0.05, 0.1) is 5.56 Å². The summed E-state index contributed by atoms with van der Waals surface area (Å²) in [5.41, 5.74) is 0.127. The molecule has 1 unspecified atom stereocenters. The number of rotatable bonds is 7. The van der Waals surface area contributed by atoms with Gasteiger partial charge in [-0.2, -0.15) is 13.2 Å². The number of hydrogen-bond acceptors (Lipinski definition) is 2. The lowest BCUT2D eigenvalue weighted by molar-refractivity contribution is -0.137. The van der Waals surface area contributed by atoms with Gasteiger partial charge < -0.3 is 10.2 Å². The Morgan fingerprint density at radius 1 is 1.33 bits per heavy atom. The van der Waals surface area contributed by atoms with E-state index in [4.69, 9.17) is 0 Å². The van der Waals surface area contributed by atoms with Gasteiger partial charge in [0.2, 0.25) is 0 Å². The van der Waals surface area contributed by atoms with E-state index in [9.17, 15) is 13.2 Å². The molecular formula is C16H23F3N2.